The van der Waals surface area contributed by atoms with Gasteiger partial charge in [-0.1, -0.05) is 60.7 Å². The Morgan fingerprint density at radius 2 is 1.57 bits per heavy atom. The third kappa shape index (κ3) is 4.65. The molecule has 0 aromatic heterocycles. The molecule has 0 aliphatic rings. The molecule has 23 heavy (non-hydrogen) atoms. The smallest absolute Gasteiger partial charge is 0.336 e. The zero-order chi connectivity index (χ0) is 16.7. The highest BCUT2D eigenvalue weighted by Crippen LogP contribution is 2.23. The maximum atomic E-state index is 12.0. The second kappa shape index (κ2) is 8.46. The van der Waals surface area contributed by atoms with E-state index in [-0.39, 0.29) is 12.6 Å². The molecule has 0 saturated heterocycles. The van der Waals surface area contributed by atoms with Crippen molar-refractivity contribution >= 4 is 5.97 Å². The van der Waals surface area contributed by atoms with Gasteiger partial charge in [0.1, 0.15) is 0 Å². The minimum absolute atomic E-state index is 0.0227. The maximum absolute atomic E-state index is 12.0. The predicted octanol–water partition coefficient (Wildman–Crippen LogP) is 3.00. The minimum Gasteiger partial charge on any atom is -0.464 e. The van der Waals surface area contributed by atoms with E-state index < -0.39 is 18.1 Å². The highest BCUT2D eigenvalue weighted by atomic mass is 16.5. The molecule has 0 unspecified atom stereocenters. The summed E-state index contributed by atoms with van der Waals surface area (Å²) in [5.74, 6) is -0.617. The van der Waals surface area contributed by atoms with Gasteiger partial charge in [0.2, 0.25) is 0 Å². The van der Waals surface area contributed by atoms with Gasteiger partial charge in [0, 0.05) is 6.04 Å². The summed E-state index contributed by atoms with van der Waals surface area (Å²) in [6.45, 7) is 3.97. The molecule has 122 valence electrons. The second-order valence-electron chi connectivity index (χ2n) is 5.38. The van der Waals surface area contributed by atoms with Crippen molar-refractivity contribution in [3.63, 3.8) is 0 Å². The number of esters is 1. The number of nitrogens with one attached hydrogen (secondary N) is 1. The summed E-state index contributed by atoms with van der Waals surface area (Å²) in [7, 11) is 0. The molecule has 0 spiro atoms. The average molecular weight is 313 g/mol. The van der Waals surface area contributed by atoms with E-state index in [4.69, 9.17) is 4.74 Å². The van der Waals surface area contributed by atoms with Crippen LogP contribution >= 0.6 is 0 Å². The first-order chi connectivity index (χ1) is 11.1. The molecule has 0 aliphatic carbocycles. The quantitative estimate of drug-likeness (QED) is 0.772. The number of hydrogen-bond acceptors (Lipinski definition) is 4. The average Bonchev–Trinajstić information content (AvgIpc) is 2.60. The lowest BCUT2D eigenvalue weighted by atomic mass is 9.98. The Hall–Kier alpha value is -2.17. The molecular formula is C19H23NO3. The lowest BCUT2D eigenvalue weighted by molar-refractivity contribution is -0.154. The molecule has 2 N–H and O–H groups in total. The zero-order valence-electron chi connectivity index (χ0n) is 13.5. The number of benzene rings is 2. The summed E-state index contributed by atoms with van der Waals surface area (Å²) in [6, 6.07) is 18.8. The Kier molecular flexibility index (Phi) is 6.32. The molecule has 0 heterocycles. The Morgan fingerprint density at radius 3 is 2.09 bits per heavy atom. The number of ether oxygens (including phenoxy) is 1. The van der Waals surface area contributed by atoms with E-state index >= 15 is 0 Å². The van der Waals surface area contributed by atoms with Crippen molar-refractivity contribution in [2.75, 3.05) is 6.61 Å². The van der Waals surface area contributed by atoms with Gasteiger partial charge in [-0.2, -0.15) is 0 Å². The van der Waals surface area contributed by atoms with Crippen molar-refractivity contribution in [2.45, 2.75) is 32.0 Å². The zero-order valence-corrected chi connectivity index (χ0v) is 13.5. The van der Waals surface area contributed by atoms with Gasteiger partial charge < -0.3 is 15.2 Å². The van der Waals surface area contributed by atoms with E-state index in [2.05, 4.69) is 5.32 Å². The van der Waals surface area contributed by atoms with Gasteiger partial charge in [-0.3, -0.25) is 0 Å². The highest BCUT2D eigenvalue weighted by Gasteiger charge is 2.29. The number of carbonyl (C=O) groups excluding carboxylic acids is 1. The van der Waals surface area contributed by atoms with Gasteiger partial charge in [-0.15, -0.1) is 0 Å². The highest BCUT2D eigenvalue weighted by molar-refractivity contribution is 5.75. The molecule has 2 aromatic rings. The van der Waals surface area contributed by atoms with Crippen molar-refractivity contribution in [1.82, 2.24) is 5.32 Å². The van der Waals surface area contributed by atoms with E-state index in [0.717, 1.165) is 11.1 Å². The Bertz CT molecular complexity index is 601. The van der Waals surface area contributed by atoms with Crippen molar-refractivity contribution in [3.05, 3.63) is 71.8 Å². The van der Waals surface area contributed by atoms with Gasteiger partial charge in [-0.25, -0.2) is 4.79 Å². The summed E-state index contributed by atoms with van der Waals surface area (Å²) in [4.78, 5) is 12.0. The normalized spacial score (nSPS) is 14.7. The minimum atomic E-state index is -1.26. The van der Waals surface area contributed by atoms with Crippen molar-refractivity contribution in [1.29, 1.82) is 0 Å². The fourth-order valence-corrected chi connectivity index (χ4v) is 2.50. The van der Waals surface area contributed by atoms with Gasteiger partial charge in [0.25, 0.3) is 0 Å². The van der Waals surface area contributed by atoms with E-state index in [1.807, 2.05) is 67.6 Å². The van der Waals surface area contributed by atoms with Crippen LogP contribution in [0.2, 0.25) is 0 Å². The van der Waals surface area contributed by atoms with Crippen LogP contribution in [0, 0.1) is 0 Å². The topological polar surface area (TPSA) is 58.6 Å². The molecular weight excluding hydrogens is 290 g/mol. The van der Waals surface area contributed by atoms with Crippen molar-refractivity contribution < 1.29 is 14.6 Å². The second-order valence-corrected chi connectivity index (χ2v) is 5.38. The van der Waals surface area contributed by atoms with Gasteiger partial charge in [-0.05, 0) is 25.0 Å². The molecule has 0 radical (unpaired) electrons. The Labute approximate surface area is 137 Å². The molecule has 0 saturated carbocycles. The first-order valence-electron chi connectivity index (χ1n) is 7.84. The molecule has 0 aliphatic heterocycles. The van der Waals surface area contributed by atoms with E-state index in [1.54, 1.807) is 6.92 Å². The van der Waals surface area contributed by atoms with Crippen LogP contribution in [0.4, 0.5) is 0 Å². The van der Waals surface area contributed by atoms with Gasteiger partial charge >= 0.3 is 5.97 Å². The molecule has 2 rings (SSSR count). The number of aliphatic hydroxyl groups is 1. The molecule has 4 heteroatoms. The van der Waals surface area contributed by atoms with Gasteiger partial charge in [0.15, 0.2) is 6.10 Å². The van der Waals surface area contributed by atoms with Crippen molar-refractivity contribution in [3.8, 4) is 0 Å². The number of carbonyl (C=O) groups is 1. The van der Waals surface area contributed by atoms with Crippen LogP contribution in [-0.2, 0) is 9.53 Å². The SMILES string of the molecule is CCOC(=O)[C@H](O)[C@@H](N[C@H](C)c1ccccc1)c1ccccc1. The molecule has 2 aromatic carbocycles. The molecule has 4 nitrogen and oxygen atoms in total. The van der Waals surface area contributed by atoms with E-state index in [0.29, 0.717) is 0 Å². The third-order valence-electron chi connectivity index (χ3n) is 3.73. The third-order valence-corrected chi connectivity index (χ3v) is 3.73. The van der Waals surface area contributed by atoms with Crippen LogP contribution in [0.5, 0.6) is 0 Å². The fraction of sp³-hybridized carbons (Fsp3) is 0.316. The molecule has 0 fully saturated rings. The summed E-state index contributed by atoms with van der Waals surface area (Å²) >= 11 is 0. The van der Waals surface area contributed by atoms with Crippen molar-refractivity contribution in [2.24, 2.45) is 0 Å². The fourth-order valence-electron chi connectivity index (χ4n) is 2.50. The Morgan fingerprint density at radius 1 is 1.04 bits per heavy atom. The van der Waals surface area contributed by atoms with E-state index in [9.17, 15) is 9.90 Å². The van der Waals surface area contributed by atoms with E-state index in [1.165, 1.54) is 0 Å². The lowest BCUT2D eigenvalue weighted by Gasteiger charge is -2.27. The summed E-state index contributed by atoms with van der Waals surface area (Å²) in [5.41, 5.74) is 1.93. The molecule has 0 bridgehead atoms. The van der Waals surface area contributed by atoms with Crippen LogP contribution in [0.1, 0.15) is 37.1 Å². The maximum Gasteiger partial charge on any atom is 0.336 e. The first-order valence-corrected chi connectivity index (χ1v) is 7.84. The lowest BCUT2D eigenvalue weighted by Crippen LogP contribution is -2.39. The van der Waals surface area contributed by atoms with Crippen LogP contribution < -0.4 is 5.32 Å². The predicted molar refractivity (Wildman–Crippen MR) is 89.8 cm³/mol. The largest absolute Gasteiger partial charge is 0.464 e. The van der Waals surface area contributed by atoms with Gasteiger partial charge in [0.05, 0.1) is 12.6 Å². The number of hydrogen-bond donors (Lipinski definition) is 2. The van der Waals surface area contributed by atoms with Crippen LogP contribution in [-0.4, -0.2) is 23.8 Å². The Balaban J connectivity index is 2.22. The molecule has 0 amide bonds. The van der Waals surface area contributed by atoms with Crippen LogP contribution in [0.25, 0.3) is 0 Å². The summed E-state index contributed by atoms with van der Waals surface area (Å²) in [5, 5.41) is 13.8. The monoisotopic (exact) mass is 313 g/mol. The van der Waals surface area contributed by atoms with Crippen LogP contribution in [0.3, 0.4) is 0 Å². The first kappa shape index (κ1) is 17.2. The van der Waals surface area contributed by atoms with Crippen LogP contribution in [0.15, 0.2) is 60.7 Å². The summed E-state index contributed by atoms with van der Waals surface area (Å²) < 4.78 is 4.96. The number of aliphatic hydroxyl groups excluding tert-OH is 1. The number of rotatable bonds is 7. The standard InChI is InChI=1S/C19H23NO3/c1-3-23-19(22)18(21)17(16-12-8-5-9-13-16)20-14(2)15-10-6-4-7-11-15/h4-14,17-18,20-21H,3H2,1-2H3/t14-,17+,18-/m1/s1. The molecule has 3 atom stereocenters. The summed E-state index contributed by atoms with van der Waals surface area (Å²) in [6.07, 6.45) is -1.26.